The molecule has 0 radical (unpaired) electrons. The molecule has 0 aliphatic heterocycles. The average molecular weight is 494 g/mol. The summed E-state index contributed by atoms with van der Waals surface area (Å²) in [6.07, 6.45) is 9.11. The van der Waals surface area contributed by atoms with Crippen LogP contribution in [-0.4, -0.2) is 29.6 Å². The van der Waals surface area contributed by atoms with Crippen molar-refractivity contribution in [2.75, 3.05) is 6.61 Å². The number of hydrogen-bond acceptors (Lipinski definition) is 3. The van der Waals surface area contributed by atoms with Gasteiger partial charge in [-0.2, -0.15) is 0 Å². The Morgan fingerprint density at radius 1 is 0.972 bits per heavy atom. The summed E-state index contributed by atoms with van der Waals surface area (Å²) in [4.78, 5) is 25.2. The first-order chi connectivity index (χ1) is 17.2. The molecule has 0 heterocycles. The highest BCUT2D eigenvalue weighted by Crippen LogP contribution is 2.31. The van der Waals surface area contributed by atoms with Crippen LogP contribution in [0.15, 0.2) is 54.6 Å². The van der Waals surface area contributed by atoms with Crippen LogP contribution in [0.3, 0.4) is 0 Å². The van der Waals surface area contributed by atoms with Gasteiger partial charge in [0.15, 0.2) is 0 Å². The second kappa shape index (κ2) is 13.5. The molecular weight excluding hydrogens is 450 g/mol. The number of carbonyl (C=O) groups excluding carboxylic acids is 1. The van der Waals surface area contributed by atoms with Crippen LogP contribution in [0.1, 0.15) is 76.8 Å². The van der Waals surface area contributed by atoms with E-state index < -0.39 is 12.0 Å². The summed E-state index contributed by atoms with van der Waals surface area (Å²) in [7, 11) is 0. The second-order valence-corrected chi connectivity index (χ2v) is 11.4. The first kappa shape index (κ1) is 27.8. The lowest BCUT2D eigenvalue weighted by atomic mass is 9.77. The third kappa shape index (κ3) is 9.00. The summed E-state index contributed by atoms with van der Waals surface area (Å²) >= 11 is 0. The van der Waals surface area contributed by atoms with Crippen molar-refractivity contribution in [2.45, 2.75) is 84.6 Å². The van der Waals surface area contributed by atoms with Gasteiger partial charge in [-0.1, -0.05) is 82.5 Å². The van der Waals surface area contributed by atoms with Gasteiger partial charge in [0.05, 0.1) is 6.61 Å². The molecule has 0 aromatic heterocycles. The number of benzene rings is 2. The molecule has 1 aliphatic carbocycles. The van der Waals surface area contributed by atoms with Gasteiger partial charge in [0.2, 0.25) is 5.91 Å². The Balaban J connectivity index is 1.54. The number of ether oxygens (including phenoxy) is 1. The van der Waals surface area contributed by atoms with Crippen LogP contribution in [0, 0.1) is 17.3 Å². The molecule has 1 fully saturated rings. The highest BCUT2D eigenvalue weighted by Gasteiger charge is 2.33. The maximum Gasteiger partial charge on any atom is 0.326 e. The van der Waals surface area contributed by atoms with E-state index in [1.54, 1.807) is 0 Å². The molecule has 2 aromatic rings. The van der Waals surface area contributed by atoms with E-state index in [4.69, 9.17) is 4.74 Å². The van der Waals surface area contributed by atoms with Gasteiger partial charge in [0.1, 0.15) is 11.8 Å². The monoisotopic (exact) mass is 493 g/mol. The van der Waals surface area contributed by atoms with Crippen LogP contribution >= 0.6 is 0 Å². The van der Waals surface area contributed by atoms with Crippen LogP contribution < -0.4 is 10.1 Å². The van der Waals surface area contributed by atoms with E-state index in [9.17, 15) is 14.7 Å². The van der Waals surface area contributed by atoms with Crippen molar-refractivity contribution in [1.82, 2.24) is 5.32 Å². The van der Waals surface area contributed by atoms with E-state index in [-0.39, 0.29) is 23.7 Å². The summed E-state index contributed by atoms with van der Waals surface area (Å²) in [6, 6.07) is 16.9. The van der Waals surface area contributed by atoms with Crippen molar-refractivity contribution in [1.29, 1.82) is 0 Å². The molecule has 196 valence electrons. The highest BCUT2D eigenvalue weighted by molar-refractivity contribution is 5.85. The van der Waals surface area contributed by atoms with Gasteiger partial charge in [0.25, 0.3) is 0 Å². The minimum atomic E-state index is -1.02. The van der Waals surface area contributed by atoms with Crippen LogP contribution in [0.5, 0.6) is 5.75 Å². The van der Waals surface area contributed by atoms with Crippen molar-refractivity contribution < 1.29 is 19.4 Å². The van der Waals surface area contributed by atoms with Gasteiger partial charge < -0.3 is 15.2 Å². The summed E-state index contributed by atoms with van der Waals surface area (Å²) in [5.41, 5.74) is 1.85. The molecule has 0 spiro atoms. The van der Waals surface area contributed by atoms with Crippen LogP contribution in [0.25, 0.3) is 0 Å². The maximum absolute atomic E-state index is 13.2. The molecule has 2 N–H and O–H groups in total. The van der Waals surface area contributed by atoms with E-state index in [1.165, 1.54) is 37.7 Å². The lowest BCUT2D eigenvalue weighted by Crippen LogP contribution is -2.47. The van der Waals surface area contributed by atoms with Crippen LogP contribution in [-0.2, 0) is 22.4 Å². The Morgan fingerprint density at radius 2 is 1.64 bits per heavy atom. The van der Waals surface area contributed by atoms with E-state index >= 15 is 0 Å². The van der Waals surface area contributed by atoms with Gasteiger partial charge in [0, 0.05) is 12.3 Å². The average Bonchev–Trinajstić information content (AvgIpc) is 2.86. The molecule has 36 heavy (non-hydrogen) atoms. The molecule has 0 bridgehead atoms. The normalized spacial score (nSPS) is 16.2. The summed E-state index contributed by atoms with van der Waals surface area (Å²) < 4.78 is 5.97. The Kier molecular flexibility index (Phi) is 10.4. The van der Waals surface area contributed by atoms with Crippen LogP contribution in [0.4, 0.5) is 0 Å². The molecule has 5 nitrogen and oxygen atoms in total. The van der Waals surface area contributed by atoms with Crippen molar-refractivity contribution in [3.8, 4) is 5.75 Å². The Hall–Kier alpha value is -2.82. The first-order valence-corrected chi connectivity index (χ1v) is 13.5. The topological polar surface area (TPSA) is 75.6 Å². The molecule has 2 atom stereocenters. The molecule has 0 saturated heterocycles. The zero-order valence-electron chi connectivity index (χ0n) is 22.2. The number of aryl methyl sites for hydroxylation is 1. The molecule has 1 saturated carbocycles. The van der Waals surface area contributed by atoms with Crippen molar-refractivity contribution in [3.63, 3.8) is 0 Å². The third-order valence-corrected chi connectivity index (χ3v) is 7.35. The van der Waals surface area contributed by atoms with Gasteiger partial charge in [-0.05, 0) is 66.7 Å². The van der Waals surface area contributed by atoms with E-state index in [1.807, 2.05) is 63.2 Å². The molecule has 3 rings (SSSR count). The highest BCUT2D eigenvalue weighted by atomic mass is 16.5. The van der Waals surface area contributed by atoms with Crippen molar-refractivity contribution >= 4 is 11.9 Å². The molecule has 1 aliphatic rings. The number of rotatable bonds is 12. The fourth-order valence-electron chi connectivity index (χ4n) is 5.11. The number of amides is 1. The molecule has 5 heteroatoms. The molecular formula is C31H43NO4. The van der Waals surface area contributed by atoms with Gasteiger partial charge in [-0.3, -0.25) is 4.79 Å². The minimum Gasteiger partial charge on any atom is -0.493 e. The van der Waals surface area contributed by atoms with Gasteiger partial charge in [-0.25, -0.2) is 4.79 Å². The number of carboxylic acid groups (broad SMARTS) is 1. The van der Waals surface area contributed by atoms with E-state index in [0.29, 0.717) is 12.3 Å². The fraction of sp³-hybridized carbons (Fsp3) is 0.548. The molecule has 2 aromatic carbocycles. The summed E-state index contributed by atoms with van der Waals surface area (Å²) in [5.74, 6) is -0.0214. The third-order valence-electron chi connectivity index (χ3n) is 7.35. The van der Waals surface area contributed by atoms with Gasteiger partial charge in [-0.15, -0.1) is 0 Å². The molecule has 1 amide bonds. The Morgan fingerprint density at radius 3 is 2.25 bits per heavy atom. The molecule has 1 unspecified atom stereocenters. The van der Waals surface area contributed by atoms with E-state index in [0.717, 1.165) is 30.8 Å². The standard InChI is InChI=1S/C31H43NO4/c1-31(2,3)27(16-10-15-23-11-6-4-7-12-23)29(33)32-28(30(34)35)21-24-17-19-26(20-18-24)36-22-25-13-8-5-9-14-25/h4,6-7,11-12,17-20,25,27-28H,5,8-10,13-16,21-22H2,1-3H3,(H,32,33)(H,34,35)/t27?,28-/m0/s1. The summed E-state index contributed by atoms with van der Waals surface area (Å²) in [5, 5.41) is 12.7. The predicted octanol–water partition coefficient (Wildman–Crippen LogP) is 6.44. The smallest absolute Gasteiger partial charge is 0.326 e. The number of nitrogens with one attached hydrogen (secondary N) is 1. The van der Waals surface area contributed by atoms with Crippen molar-refractivity contribution in [2.24, 2.45) is 17.3 Å². The number of carbonyl (C=O) groups is 2. The lowest BCUT2D eigenvalue weighted by molar-refractivity contribution is -0.143. The SMILES string of the molecule is CC(C)(C)C(CCCc1ccccc1)C(=O)N[C@@H](Cc1ccc(OCC2CCCCC2)cc1)C(=O)O. The Labute approximate surface area is 216 Å². The lowest BCUT2D eigenvalue weighted by Gasteiger charge is -2.31. The fourth-order valence-corrected chi connectivity index (χ4v) is 5.11. The first-order valence-electron chi connectivity index (χ1n) is 13.5. The largest absolute Gasteiger partial charge is 0.493 e. The zero-order chi connectivity index (χ0) is 26.0. The maximum atomic E-state index is 13.2. The summed E-state index contributed by atoms with van der Waals surface area (Å²) in [6.45, 7) is 6.87. The Bertz CT molecular complexity index is 943. The quantitative estimate of drug-likeness (QED) is 0.357. The second-order valence-electron chi connectivity index (χ2n) is 11.4. The number of hydrogen-bond donors (Lipinski definition) is 2. The van der Waals surface area contributed by atoms with Crippen molar-refractivity contribution in [3.05, 3.63) is 65.7 Å². The van der Waals surface area contributed by atoms with Crippen LogP contribution in [0.2, 0.25) is 0 Å². The zero-order valence-corrected chi connectivity index (χ0v) is 22.2. The number of carboxylic acids is 1. The van der Waals surface area contributed by atoms with E-state index in [2.05, 4.69) is 17.4 Å². The number of aliphatic carboxylic acids is 1. The predicted molar refractivity (Wildman–Crippen MR) is 144 cm³/mol. The van der Waals surface area contributed by atoms with Gasteiger partial charge >= 0.3 is 5.97 Å². The minimum absolute atomic E-state index is 0.185.